The van der Waals surface area contributed by atoms with Gasteiger partial charge in [0, 0.05) is 72.4 Å². The fourth-order valence-corrected chi connectivity index (χ4v) is 7.33. The molecule has 0 bridgehead atoms. The summed E-state index contributed by atoms with van der Waals surface area (Å²) in [6, 6.07) is 16.9. The molecule has 2 heterocycles. The second-order valence-corrected chi connectivity index (χ2v) is 17.5. The fourth-order valence-electron chi connectivity index (χ4n) is 7.21. The summed E-state index contributed by atoms with van der Waals surface area (Å²) in [6.45, 7) is 7.05. The van der Waals surface area contributed by atoms with Gasteiger partial charge in [-0.3, -0.25) is 39.2 Å². The largest absolute Gasteiger partial charge is 0.494 e. The Morgan fingerprint density at radius 2 is 1.43 bits per heavy atom. The lowest BCUT2D eigenvalue weighted by Gasteiger charge is -2.24. The summed E-state index contributed by atoms with van der Waals surface area (Å²) in [6.07, 6.45) is 12.5. The highest BCUT2D eigenvalue weighted by atomic mass is 35.5. The Kier molecular flexibility index (Phi) is 26.3. The van der Waals surface area contributed by atoms with E-state index in [1.54, 1.807) is 24.3 Å². The Bertz CT molecular complexity index is 2270. The summed E-state index contributed by atoms with van der Waals surface area (Å²) in [5.41, 5.74) is 7.49. The van der Waals surface area contributed by atoms with Crippen LogP contribution in [0, 0.1) is 23.3 Å². The van der Waals surface area contributed by atoms with Crippen LogP contribution in [0.2, 0.25) is 5.02 Å². The van der Waals surface area contributed by atoms with Gasteiger partial charge >= 0.3 is 6.03 Å². The monoisotopic (exact) mass is 1020 g/mol. The van der Waals surface area contributed by atoms with Crippen molar-refractivity contribution in [2.45, 2.75) is 77.8 Å². The van der Waals surface area contributed by atoms with Crippen molar-refractivity contribution in [3.05, 3.63) is 95.8 Å². The second-order valence-electron chi connectivity index (χ2n) is 17.1. The van der Waals surface area contributed by atoms with Gasteiger partial charge in [0.2, 0.25) is 17.8 Å². The number of amides is 6. The Balaban J connectivity index is 1.17. The number of hydrogen-bond donors (Lipinski definition) is 6. The number of unbranched alkanes of at least 4 members (excludes halogenated alkanes) is 3. The van der Waals surface area contributed by atoms with Crippen molar-refractivity contribution in [3.8, 4) is 11.9 Å². The van der Waals surface area contributed by atoms with Crippen LogP contribution in [0.15, 0.2) is 90.2 Å². The summed E-state index contributed by atoms with van der Waals surface area (Å²) >= 11 is 5.92. The maximum absolute atomic E-state index is 13.7. The van der Waals surface area contributed by atoms with Crippen LogP contribution in [0.25, 0.3) is 0 Å². The van der Waals surface area contributed by atoms with Crippen LogP contribution >= 0.6 is 11.6 Å². The van der Waals surface area contributed by atoms with Crippen molar-refractivity contribution in [3.63, 3.8) is 0 Å². The molecule has 1 aliphatic heterocycles. The van der Waals surface area contributed by atoms with E-state index in [0.717, 1.165) is 47.6 Å². The van der Waals surface area contributed by atoms with Crippen LogP contribution in [0.1, 0.15) is 70.8 Å². The number of pyridine rings is 1. The van der Waals surface area contributed by atoms with Gasteiger partial charge < -0.3 is 45.9 Å². The van der Waals surface area contributed by atoms with Gasteiger partial charge in [0.05, 0.1) is 64.5 Å². The number of anilines is 2. The first-order valence-corrected chi connectivity index (χ1v) is 24.5. The molecule has 0 unspecified atom stereocenters. The average Bonchev–Trinajstić information content (AvgIpc) is 3.68. The van der Waals surface area contributed by atoms with E-state index in [0.29, 0.717) is 42.8 Å². The lowest BCUT2D eigenvalue weighted by molar-refractivity contribution is -0.688. The molecule has 0 fully saturated rings. The summed E-state index contributed by atoms with van der Waals surface area (Å²) in [5, 5.41) is 24.0. The number of primary amides is 1. The van der Waals surface area contributed by atoms with E-state index in [-0.39, 0.29) is 107 Å². The number of nitrogens with one attached hydrogen (secondary N) is 5. The number of carbonyl (C=O) groups excluding carboxylic acids is 6. The van der Waals surface area contributed by atoms with Crippen LogP contribution in [0.4, 0.5) is 16.2 Å². The zero-order valence-electron chi connectivity index (χ0n) is 41.1. The van der Waals surface area contributed by atoms with Gasteiger partial charge in [-0.1, -0.05) is 44.0 Å². The number of aliphatic imine (C=N–C) groups is 1. The van der Waals surface area contributed by atoms with Crippen molar-refractivity contribution < 1.29 is 52.3 Å². The fraction of sp³-hybridized carbons (Fsp3) is 0.471. The smallest absolute Gasteiger partial charge is 0.312 e. The second kappa shape index (κ2) is 32.9. The predicted molar refractivity (Wildman–Crippen MR) is 271 cm³/mol. The van der Waals surface area contributed by atoms with Crippen molar-refractivity contribution >= 4 is 64.4 Å². The number of hydrogen-bond acceptors (Lipinski definition) is 12. The number of rotatable bonds is 34. The molecular formula is C51H68ClN10O10+. The molecule has 2 atom stereocenters. The molecule has 0 spiro atoms. The molecule has 20 nitrogen and oxygen atoms in total. The molecule has 0 saturated heterocycles. The van der Waals surface area contributed by atoms with Crippen molar-refractivity contribution in [1.82, 2.24) is 20.9 Å². The third-order valence-corrected chi connectivity index (χ3v) is 11.3. The number of carbonyl (C=O) groups is 6. The van der Waals surface area contributed by atoms with Gasteiger partial charge in [-0.25, -0.2) is 9.36 Å². The van der Waals surface area contributed by atoms with Gasteiger partial charge in [0.1, 0.15) is 5.75 Å². The minimum Gasteiger partial charge on any atom is -0.494 e. The summed E-state index contributed by atoms with van der Waals surface area (Å²) < 4.78 is 24.1. The Labute approximate surface area is 426 Å². The van der Waals surface area contributed by atoms with Crippen LogP contribution in [0.3, 0.4) is 0 Å². The van der Waals surface area contributed by atoms with Crippen LogP contribution in [-0.2, 0) is 44.7 Å². The molecule has 0 saturated carbocycles. The predicted octanol–water partition coefficient (Wildman–Crippen LogP) is 4.62. The number of benzene rings is 2. The number of nitrogens with two attached hydrogens (primary N) is 1. The number of nitriles is 1. The highest BCUT2D eigenvalue weighted by Crippen LogP contribution is 2.20. The zero-order chi connectivity index (χ0) is 51.9. The average molecular weight is 1020 g/mol. The molecule has 1 aliphatic rings. The van der Waals surface area contributed by atoms with E-state index in [1.807, 2.05) is 73.4 Å². The van der Waals surface area contributed by atoms with E-state index in [2.05, 4.69) is 31.6 Å². The Morgan fingerprint density at radius 3 is 2.08 bits per heavy atom. The minimum absolute atomic E-state index is 0.00577. The van der Waals surface area contributed by atoms with Crippen molar-refractivity contribution in [2.24, 2.45) is 22.6 Å². The molecule has 72 heavy (non-hydrogen) atoms. The highest BCUT2D eigenvalue weighted by Gasteiger charge is 2.30. The van der Waals surface area contributed by atoms with Gasteiger partial charge in [-0.2, -0.15) is 5.26 Å². The standard InChI is InChI=1S/C51H67ClN10O10/c1-37(2)48(60-45(64)21-28-69-30-32-71-33-31-70-29-26-62-46(65)17-18-47(62)66)44(63)34-39(8-7-23-55-50(54)68)49(67)58-41-13-9-38(10-14-41)35-61-24-19-42(20-25-61)59-51(57-36-53)56-22-5-3-4-6-27-72-43-15-11-40(52)12-16-43/h9-20,24-25,37,39,48H,3-8,21-23,26-35H2,1-2H3,(H6,54,55,56,57,58,60,64,67,68)/p+1/t39-,48+/m1/s1. The topological polar surface area (TPSA) is 269 Å². The summed E-state index contributed by atoms with van der Waals surface area (Å²) in [4.78, 5) is 80.3. The van der Waals surface area contributed by atoms with E-state index < -0.39 is 18.0 Å². The third-order valence-electron chi connectivity index (χ3n) is 11.1. The van der Waals surface area contributed by atoms with Crippen LogP contribution < -0.4 is 41.6 Å². The number of Topliss-reactive ketones (excluding diaryl/α,β-unsaturated/α-hetero) is 1. The number of ether oxygens (including phenoxy) is 4. The van der Waals surface area contributed by atoms with Gasteiger partial charge in [-0.05, 0) is 74.4 Å². The Morgan fingerprint density at radius 1 is 0.792 bits per heavy atom. The third kappa shape index (κ3) is 22.9. The first kappa shape index (κ1) is 57.7. The normalized spacial score (nSPS) is 13.1. The van der Waals surface area contributed by atoms with Crippen molar-refractivity contribution in [1.29, 1.82) is 5.26 Å². The lowest BCUT2D eigenvalue weighted by atomic mass is 9.89. The molecule has 21 heteroatoms. The summed E-state index contributed by atoms with van der Waals surface area (Å²) in [5.74, 6) is -1.64. The van der Waals surface area contributed by atoms with Gasteiger partial charge in [-0.15, -0.1) is 0 Å². The van der Waals surface area contributed by atoms with E-state index in [4.69, 9.17) is 36.3 Å². The van der Waals surface area contributed by atoms with E-state index in [9.17, 15) is 34.0 Å². The number of imide groups is 1. The molecule has 0 aliphatic carbocycles. The molecule has 2 aromatic carbocycles. The molecular weight excluding hydrogens is 948 g/mol. The first-order chi connectivity index (χ1) is 34.8. The SMILES string of the molecule is CC(C)[C@H](NC(=O)CCOCCOCCOCCN1C(=O)C=CC1=O)C(=O)C[C@@H](CCCNC(N)=O)C(=O)Nc1ccc(C[n+]2ccc(NC(=NCCCCCCOc3ccc(Cl)cc3)NC#N)cc2)cc1. The van der Waals surface area contributed by atoms with E-state index >= 15 is 0 Å². The molecule has 0 radical (unpaired) electrons. The lowest BCUT2D eigenvalue weighted by Crippen LogP contribution is -2.45. The molecule has 4 rings (SSSR count). The Hall–Kier alpha value is -6.92. The number of aromatic nitrogens is 1. The zero-order valence-corrected chi connectivity index (χ0v) is 41.8. The minimum atomic E-state index is -0.844. The molecule has 6 amide bonds. The van der Waals surface area contributed by atoms with Crippen LogP contribution in [0.5, 0.6) is 5.75 Å². The van der Waals surface area contributed by atoms with Gasteiger partial charge in [0.15, 0.2) is 30.9 Å². The molecule has 3 aromatic rings. The van der Waals surface area contributed by atoms with Crippen LogP contribution in [-0.4, -0.2) is 118 Å². The summed E-state index contributed by atoms with van der Waals surface area (Å²) in [7, 11) is 0. The molecule has 7 N–H and O–H groups in total. The number of guanidine groups is 1. The van der Waals surface area contributed by atoms with E-state index in [1.165, 1.54) is 12.2 Å². The quantitative estimate of drug-likeness (QED) is 0.00908. The maximum atomic E-state index is 13.7. The van der Waals surface area contributed by atoms with Gasteiger partial charge in [0.25, 0.3) is 11.8 Å². The molecule has 388 valence electrons. The number of urea groups is 1. The number of halogens is 1. The number of ketones is 1. The number of nitrogens with zero attached hydrogens (tertiary/aromatic N) is 4. The highest BCUT2D eigenvalue weighted by molar-refractivity contribution is 6.30. The maximum Gasteiger partial charge on any atom is 0.312 e. The van der Waals surface area contributed by atoms with Crippen molar-refractivity contribution in [2.75, 3.05) is 76.5 Å². The first-order valence-electron chi connectivity index (χ1n) is 24.2. The molecule has 1 aromatic heterocycles.